The van der Waals surface area contributed by atoms with Gasteiger partial charge in [0, 0.05) is 0 Å². The number of fused-ring (bicyclic) bond motifs is 1. The van der Waals surface area contributed by atoms with Crippen LogP contribution in [0.2, 0.25) is 0 Å². The molecule has 3 heterocycles. The van der Waals surface area contributed by atoms with Crippen LogP contribution in [-0.4, -0.2) is 64.4 Å². The van der Waals surface area contributed by atoms with Gasteiger partial charge in [0.25, 0.3) is 6.08 Å². The fourth-order valence-corrected chi connectivity index (χ4v) is 2.72. The minimum Gasteiger partial charge on any atom is -0.387 e. The van der Waals surface area contributed by atoms with Crippen molar-refractivity contribution in [1.29, 1.82) is 0 Å². The molecule has 0 radical (unpaired) electrons. The maximum Gasteiger partial charge on any atom is 0.469 e. The van der Waals surface area contributed by atoms with Gasteiger partial charge in [0.1, 0.15) is 24.6 Å². The molecular formula is C10H13FN5O7P. The van der Waals surface area contributed by atoms with E-state index < -0.39 is 45.0 Å². The van der Waals surface area contributed by atoms with Crippen LogP contribution in [0, 0.1) is 6.08 Å². The molecule has 24 heavy (non-hydrogen) atoms. The number of aliphatic hydroxyl groups excluding tert-OH is 2. The fraction of sp³-hybridized carbons (Fsp3) is 0.500. The van der Waals surface area contributed by atoms with Gasteiger partial charge in [-0.05, 0) is 0 Å². The van der Waals surface area contributed by atoms with Gasteiger partial charge in [0.15, 0.2) is 23.2 Å². The van der Waals surface area contributed by atoms with Crippen molar-refractivity contribution in [3.05, 3.63) is 12.4 Å². The number of phosphoric ester groups is 1. The van der Waals surface area contributed by atoms with Crippen molar-refractivity contribution in [2.24, 2.45) is 0 Å². The highest BCUT2D eigenvalue weighted by Crippen LogP contribution is 2.39. The standard InChI is InChI=1S/C10H13FN5O7P/c11-10-15-4-7(12)13-2-14-8(4)16(10)9-6(18)5(17)3(23-9)1-22-24(19,20)21/h2-3,5-6,9,17-18H,1H2,(H2,12,13,14)(H2,19,20,21)/t3-,5-,6-,9-/m1/s1/i11-1. The minimum atomic E-state index is -4.80. The van der Waals surface area contributed by atoms with E-state index in [-0.39, 0.29) is 17.0 Å². The van der Waals surface area contributed by atoms with Gasteiger partial charge in [-0.25, -0.2) is 14.5 Å². The van der Waals surface area contributed by atoms with Crippen LogP contribution in [0.25, 0.3) is 11.2 Å². The molecule has 1 aliphatic rings. The molecule has 0 amide bonds. The molecule has 0 aliphatic carbocycles. The van der Waals surface area contributed by atoms with E-state index in [2.05, 4.69) is 19.5 Å². The van der Waals surface area contributed by atoms with Crippen LogP contribution in [0.1, 0.15) is 6.23 Å². The Balaban J connectivity index is 1.92. The average Bonchev–Trinajstić information content (AvgIpc) is 2.96. The molecule has 2 aromatic rings. The molecule has 1 aliphatic heterocycles. The smallest absolute Gasteiger partial charge is 0.387 e. The van der Waals surface area contributed by atoms with E-state index in [0.717, 1.165) is 10.9 Å². The van der Waals surface area contributed by atoms with E-state index in [1.165, 1.54) is 0 Å². The Labute approximate surface area is 132 Å². The highest BCUT2D eigenvalue weighted by atomic mass is 31.2. The average molecular weight is 364 g/mol. The van der Waals surface area contributed by atoms with Crippen molar-refractivity contribution in [1.82, 2.24) is 19.5 Å². The number of nitrogens with two attached hydrogens (primary N) is 1. The lowest BCUT2D eigenvalue weighted by Crippen LogP contribution is -2.33. The first-order chi connectivity index (χ1) is 11.2. The molecule has 0 bridgehead atoms. The molecular weight excluding hydrogens is 351 g/mol. The zero-order chi connectivity index (χ0) is 17.6. The number of ether oxygens (including phenoxy) is 1. The normalized spacial score (nSPS) is 27.9. The molecule has 0 saturated carbocycles. The summed E-state index contributed by atoms with van der Waals surface area (Å²) in [5, 5.41) is 20.0. The Hall–Kier alpha value is -1.73. The third kappa shape index (κ3) is 2.98. The molecule has 14 heteroatoms. The van der Waals surface area contributed by atoms with Crippen molar-refractivity contribution in [2.75, 3.05) is 12.3 Å². The Morgan fingerprint density at radius 1 is 1.38 bits per heavy atom. The van der Waals surface area contributed by atoms with Gasteiger partial charge in [-0.1, -0.05) is 0 Å². The summed E-state index contributed by atoms with van der Waals surface area (Å²) in [5.74, 6) is -0.0907. The molecule has 1 fully saturated rings. The third-order valence-electron chi connectivity index (χ3n) is 3.46. The molecule has 1 saturated heterocycles. The summed E-state index contributed by atoms with van der Waals surface area (Å²) in [7, 11) is -4.80. The number of hydrogen-bond acceptors (Lipinski definition) is 9. The lowest BCUT2D eigenvalue weighted by molar-refractivity contribution is -0.0550. The first-order valence-corrected chi connectivity index (χ1v) is 8.07. The van der Waals surface area contributed by atoms with Gasteiger partial charge < -0.3 is 30.5 Å². The largest absolute Gasteiger partial charge is 0.469 e. The van der Waals surface area contributed by atoms with Crippen LogP contribution in [-0.2, 0) is 13.8 Å². The summed E-state index contributed by atoms with van der Waals surface area (Å²) < 4.78 is 35.1. The molecule has 0 aromatic carbocycles. The number of anilines is 1. The topological polar surface area (TPSA) is 186 Å². The van der Waals surface area contributed by atoms with E-state index in [9.17, 15) is 19.2 Å². The van der Waals surface area contributed by atoms with Gasteiger partial charge in [-0.2, -0.15) is 9.37 Å². The maximum absolute atomic E-state index is 14.1. The monoisotopic (exact) mass is 364 g/mol. The number of halogens is 1. The molecule has 0 unspecified atom stereocenters. The van der Waals surface area contributed by atoms with Crippen molar-refractivity contribution >= 4 is 24.8 Å². The third-order valence-corrected chi connectivity index (χ3v) is 3.95. The predicted molar refractivity (Wildman–Crippen MR) is 73.6 cm³/mol. The molecule has 12 nitrogen and oxygen atoms in total. The summed E-state index contributed by atoms with van der Waals surface area (Å²) in [6.07, 6.45) is -6.01. The maximum atomic E-state index is 14.1. The van der Waals surface area contributed by atoms with Gasteiger partial charge in [-0.15, -0.1) is 0 Å². The number of aliphatic hydroxyl groups is 2. The number of phosphoric acid groups is 1. The van der Waals surface area contributed by atoms with Crippen LogP contribution in [0.4, 0.5) is 10.2 Å². The van der Waals surface area contributed by atoms with E-state index in [1.54, 1.807) is 0 Å². The Bertz CT molecular complexity index is 812. The highest BCUT2D eigenvalue weighted by molar-refractivity contribution is 7.46. The van der Waals surface area contributed by atoms with Crippen LogP contribution < -0.4 is 5.73 Å². The zero-order valence-electron chi connectivity index (χ0n) is 11.8. The summed E-state index contributed by atoms with van der Waals surface area (Å²) in [5.41, 5.74) is 5.43. The van der Waals surface area contributed by atoms with Crippen molar-refractivity contribution < 1.29 is 38.2 Å². The lowest BCUT2D eigenvalue weighted by Gasteiger charge is -2.16. The van der Waals surface area contributed by atoms with Crippen LogP contribution in [0.15, 0.2) is 6.33 Å². The molecule has 2 aromatic heterocycles. The van der Waals surface area contributed by atoms with Crippen LogP contribution in [0.3, 0.4) is 0 Å². The highest BCUT2D eigenvalue weighted by Gasteiger charge is 2.46. The van der Waals surface area contributed by atoms with Crippen molar-refractivity contribution in [3.63, 3.8) is 0 Å². The van der Waals surface area contributed by atoms with E-state index in [4.69, 9.17) is 20.3 Å². The van der Waals surface area contributed by atoms with Crippen LogP contribution in [0.5, 0.6) is 0 Å². The Morgan fingerprint density at radius 2 is 2.08 bits per heavy atom. The van der Waals surface area contributed by atoms with E-state index in [0.29, 0.717) is 0 Å². The number of rotatable bonds is 4. The number of imidazole rings is 1. The summed E-state index contributed by atoms with van der Waals surface area (Å²) in [6, 6.07) is 0. The van der Waals surface area contributed by atoms with Gasteiger partial charge in [-0.3, -0.25) is 9.09 Å². The second-order valence-electron chi connectivity index (χ2n) is 5.01. The first kappa shape index (κ1) is 17.1. The summed E-state index contributed by atoms with van der Waals surface area (Å²) >= 11 is 0. The second-order valence-corrected chi connectivity index (χ2v) is 6.25. The quantitative estimate of drug-likeness (QED) is 0.307. The number of nitrogens with zero attached hydrogens (tertiary/aromatic N) is 4. The fourth-order valence-electron chi connectivity index (χ4n) is 2.38. The summed E-state index contributed by atoms with van der Waals surface area (Å²) in [6.45, 7) is -0.718. The second kappa shape index (κ2) is 5.97. The molecule has 0 spiro atoms. The van der Waals surface area contributed by atoms with E-state index in [1.807, 2.05) is 0 Å². The molecule has 4 atom stereocenters. The SMILES string of the molecule is Nc1ncnc2c1nc([18F])n2[C@@H]1O[C@H](COP(=O)(O)O)[C@@H](O)[C@H]1O. The van der Waals surface area contributed by atoms with Gasteiger partial charge in [0.05, 0.1) is 6.61 Å². The van der Waals surface area contributed by atoms with Gasteiger partial charge >= 0.3 is 7.82 Å². The summed E-state index contributed by atoms with van der Waals surface area (Å²) in [4.78, 5) is 28.4. The van der Waals surface area contributed by atoms with E-state index >= 15 is 0 Å². The predicted octanol–water partition coefficient (Wildman–Crippen LogP) is -1.72. The Morgan fingerprint density at radius 3 is 2.75 bits per heavy atom. The van der Waals surface area contributed by atoms with Crippen molar-refractivity contribution in [3.8, 4) is 0 Å². The molecule has 3 rings (SSSR count). The molecule has 132 valence electrons. The van der Waals surface area contributed by atoms with Gasteiger partial charge in [0.2, 0.25) is 0 Å². The minimum absolute atomic E-state index is 0.0600. The first-order valence-electron chi connectivity index (χ1n) is 6.54. The zero-order valence-corrected chi connectivity index (χ0v) is 12.7. The number of aromatic nitrogens is 4. The number of hydrogen-bond donors (Lipinski definition) is 5. The number of nitrogen functional groups attached to an aromatic ring is 1. The Kier molecular flexibility index (Phi) is 4.25. The molecule has 6 N–H and O–H groups in total. The van der Waals surface area contributed by atoms with Crippen LogP contribution >= 0.6 is 7.82 Å². The lowest BCUT2D eigenvalue weighted by atomic mass is 10.1. The van der Waals surface area contributed by atoms with Crippen molar-refractivity contribution in [2.45, 2.75) is 24.5 Å².